The van der Waals surface area contributed by atoms with E-state index in [-0.39, 0.29) is 31.1 Å². The second kappa shape index (κ2) is 50.5. The third-order valence-electron chi connectivity index (χ3n) is 10.9. The average Bonchev–Trinajstić information content (AvgIpc) is 3.27. The molecule has 0 amide bonds. The van der Waals surface area contributed by atoms with Gasteiger partial charge in [0.25, 0.3) is 0 Å². The monoisotopic (exact) mass is 865 g/mol. The molecule has 0 fully saturated rings. The molecule has 0 radical (unpaired) electrons. The first-order chi connectivity index (χ1) is 30.5. The van der Waals surface area contributed by atoms with E-state index in [2.05, 4.69) is 93.7 Å². The third kappa shape index (κ3) is 47.9. The Bertz CT molecular complexity index is 1180. The summed E-state index contributed by atoms with van der Waals surface area (Å²) in [6.45, 7) is 6.45. The summed E-state index contributed by atoms with van der Waals surface area (Å²) in [7, 11) is 0. The number of allylic oxidation sites excluding steroid dienone is 12. The maximum atomic E-state index is 12.8. The molecule has 0 aliphatic rings. The van der Waals surface area contributed by atoms with Crippen molar-refractivity contribution < 1.29 is 28.6 Å². The number of carbonyl (C=O) groups excluding carboxylic acids is 3. The maximum absolute atomic E-state index is 12.8. The minimum atomic E-state index is -0.797. The fourth-order valence-corrected chi connectivity index (χ4v) is 7.01. The molecule has 6 heteroatoms. The molecule has 0 aromatic rings. The Morgan fingerprint density at radius 1 is 0.339 bits per heavy atom. The summed E-state index contributed by atoms with van der Waals surface area (Å²) in [6.07, 6.45) is 63.1. The Kier molecular flexibility index (Phi) is 47.9. The van der Waals surface area contributed by atoms with Crippen molar-refractivity contribution in [1.29, 1.82) is 0 Å². The van der Waals surface area contributed by atoms with Crippen molar-refractivity contribution in [2.45, 2.75) is 252 Å². The molecule has 0 heterocycles. The van der Waals surface area contributed by atoms with Crippen molar-refractivity contribution in [1.82, 2.24) is 0 Å². The Morgan fingerprint density at radius 3 is 1.05 bits per heavy atom. The molecule has 1 atom stereocenters. The normalized spacial score (nSPS) is 12.6. The number of hydrogen-bond acceptors (Lipinski definition) is 6. The molecule has 0 aliphatic heterocycles. The van der Waals surface area contributed by atoms with Gasteiger partial charge in [0.2, 0.25) is 0 Å². The molecule has 0 rings (SSSR count). The van der Waals surface area contributed by atoms with E-state index in [1.54, 1.807) is 0 Å². The Morgan fingerprint density at radius 2 is 0.629 bits per heavy atom. The van der Waals surface area contributed by atoms with Crippen molar-refractivity contribution in [3.8, 4) is 0 Å². The zero-order valence-electron chi connectivity index (χ0n) is 40.6. The van der Waals surface area contributed by atoms with Crippen LogP contribution in [0.25, 0.3) is 0 Å². The molecule has 0 saturated carbocycles. The topological polar surface area (TPSA) is 78.9 Å². The second-order valence-corrected chi connectivity index (χ2v) is 17.0. The lowest BCUT2D eigenvalue weighted by atomic mass is 10.1. The Labute approximate surface area is 382 Å². The molecule has 0 aromatic carbocycles. The van der Waals surface area contributed by atoms with Crippen molar-refractivity contribution in [2.75, 3.05) is 13.2 Å². The van der Waals surface area contributed by atoms with Crippen LogP contribution in [0.3, 0.4) is 0 Å². The summed E-state index contributed by atoms with van der Waals surface area (Å²) in [5.74, 6) is -0.946. The SMILES string of the molecule is CC/C=C\C/C=C\C/C=C\CCCCCC(=O)OCC(COC(=O)CCCCCCC/C=C\CCCCCCCCC)OC(=O)CCCCCCC/C=C\C/C=C\CCCCC. The van der Waals surface area contributed by atoms with Gasteiger partial charge in [-0.1, -0.05) is 190 Å². The smallest absolute Gasteiger partial charge is 0.306 e. The van der Waals surface area contributed by atoms with Gasteiger partial charge in [-0.15, -0.1) is 0 Å². The highest BCUT2D eigenvalue weighted by atomic mass is 16.6. The number of carbonyl (C=O) groups is 3. The Balaban J connectivity index is 4.45. The summed E-state index contributed by atoms with van der Waals surface area (Å²) in [5, 5.41) is 0. The van der Waals surface area contributed by atoms with E-state index >= 15 is 0 Å². The van der Waals surface area contributed by atoms with Crippen LogP contribution >= 0.6 is 0 Å². The molecule has 0 saturated heterocycles. The van der Waals surface area contributed by atoms with E-state index in [9.17, 15) is 14.4 Å². The zero-order chi connectivity index (χ0) is 45.1. The second-order valence-electron chi connectivity index (χ2n) is 17.0. The first-order valence-electron chi connectivity index (χ1n) is 25.9. The molecule has 0 N–H and O–H groups in total. The van der Waals surface area contributed by atoms with Gasteiger partial charge in [-0.25, -0.2) is 0 Å². The van der Waals surface area contributed by atoms with Crippen molar-refractivity contribution in [3.05, 3.63) is 72.9 Å². The van der Waals surface area contributed by atoms with Crippen LogP contribution in [0.15, 0.2) is 72.9 Å². The van der Waals surface area contributed by atoms with Crippen LogP contribution in [-0.4, -0.2) is 37.2 Å². The quantitative estimate of drug-likeness (QED) is 0.0262. The van der Waals surface area contributed by atoms with Crippen LogP contribution in [-0.2, 0) is 28.6 Å². The number of ether oxygens (including phenoxy) is 3. The van der Waals surface area contributed by atoms with Gasteiger partial charge in [-0.3, -0.25) is 14.4 Å². The van der Waals surface area contributed by atoms with Gasteiger partial charge in [0, 0.05) is 19.3 Å². The van der Waals surface area contributed by atoms with E-state index in [1.165, 1.54) is 89.9 Å². The number of esters is 3. The summed E-state index contributed by atoms with van der Waals surface area (Å²) >= 11 is 0. The molecular weight excluding hydrogens is 769 g/mol. The highest BCUT2D eigenvalue weighted by Crippen LogP contribution is 2.13. The largest absolute Gasteiger partial charge is 0.462 e. The van der Waals surface area contributed by atoms with Gasteiger partial charge >= 0.3 is 17.9 Å². The predicted octanol–water partition coefficient (Wildman–Crippen LogP) is 17.0. The minimum absolute atomic E-state index is 0.0951. The molecule has 0 aliphatic carbocycles. The lowest BCUT2D eigenvalue weighted by Crippen LogP contribution is -2.30. The molecule has 0 bridgehead atoms. The molecule has 356 valence electrons. The van der Waals surface area contributed by atoms with Gasteiger partial charge in [-0.05, 0) is 109 Å². The summed E-state index contributed by atoms with van der Waals surface area (Å²) in [4.78, 5) is 38.0. The third-order valence-corrected chi connectivity index (χ3v) is 10.9. The van der Waals surface area contributed by atoms with E-state index in [4.69, 9.17) is 14.2 Å². The summed E-state index contributed by atoms with van der Waals surface area (Å²) in [6, 6.07) is 0. The van der Waals surface area contributed by atoms with Crippen LogP contribution in [0.1, 0.15) is 245 Å². The summed E-state index contributed by atoms with van der Waals surface area (Å²) in [5.41, 5.74) is 0. The first-order valence-corrected chi connectivity index (χ1v) is 25.9. The first kappa shape index (κ1) is 58.9. The molecule has 1 unspecified atom stereocenters. The van der Waals surface area contributed by atoms with E-state index < -0.39 is 6.10 Å². The lowest BCUT2D eigenvalue weighted by Gasteiger charge is -2.18. The van der Waals surface area contributed by atoms with Gasteiger partial charge in [0.05, 0.1) is 0 Å². The predicted molar refractivity (Wildman–Crippen MR) is 265 cm³/mol. The van der Waals surface area contributed by atoms with Gasteiger partial charge in [0.1, 0.15) is 13.2 Å². The minimum Gasteiger partial charge on any atom is -0.462 e. The zero-order valence-corrected chi connectivity index (χ0v) is 40.6. The van der Waals surface area contributed by atoms with Crippen LogP contribution in [0, 0.1) is 0 Å². The Hall–Kier alpha value is -3.15. The molecule has 62 heavy (non-hydrogen) atoms. The van der Waals surface area contributed by atoms with E-state index in [0.717, 1.165) is 116 Å². The van der Waals surface area contributed by atoms with E-state index in [0.29, 0.717) is 19.3 Å². The number of rotatable bonds is 46. The van der Waals surface area contributed by atoms with Crippen molar-refractivity contribution in [2.24, 2.45) is 0 Å². The van der Waals surface area contributed by atoms with Gasteiger partial charge in [0.15, 0.2) is 6.10 Å². The highest BCUT2D eigenvalue weighted by molar-refractivity contribution is 5.71. The summed E-state index contributed by atoms with van der Waals surface area (Å²) < 4.78 is 16.8. The average molecular weight is 865 g/mol. The highest BCUT2D eigenvalue weighted by Gasteiger charge is 2.19. The van der Waals surface area contributed by atoms with Crippen LogP contribution in [0.5, 0.6) is 0 Å². The van der Waals surface area contributed by atoms with Gasteiger partial charge in [-0.2, -0.15) is 0 Å². The molecular formula is C56H96O6. The van der Waals surface area contributed by atoms with Crippen molar-refractivity contribution in [3.63, 3.8) is 0 Å². The maximum Gasteiger partial charge on any atom is 0.306 e. The van der Waals surface area contributed by atoms with Crippen LogP contribution < -0.4 is 0 Å². The van der Waals surface area contributed by atoms with E-state index in [1.807, 2.05) is 0 Å². The molecule has 6 nitrogen and oxygen atoms in total. The standard InChI is InChI=1S/C56H96O6/c1-4-7-10-13-16-19-22-25-27-29-31-34-37-40-43-46-49-55(58)61-52-53(51-60-54(57)48-45-42-39-36-33-30-24-21-18-15-12-9-6-3)62-56(59)50-47-44-41-38-35-32-28-26-23-20-17-14-11-8-5-2/h9,12,17-18,20-21,26-30,33,53H,4-8,10-11,13-16,19,22-25,31-32,34-52H2,1-3H3/b12-9-,20-17-,21-18-,28-26-,29-27-,33-30-. The van der Waals surface area contributed by atoms with Crippen LogP contribution in [0.4, 0.5) is 0 Å². The fraction of sp³-hybridized carbons (Fsp3) is 0.732. The number of hydrogen-bond donors (Lipinski definition) is 0. The number of unbranched alkanes of at least 4 members (excludes halogenated alkanes) is 23. The van der Waals surface area contributed by atoms with Crippen LogP contribution in [0.2, 0.25) is 0 Å². The fourth-order valence-electron chi connectivity index (χ4n) is 7.01. The van der Waals surface area contributed by atoms with Crippen molar-refractivity contribution >= 4 is 17.9 Å². The van der Waals surface area contributed by atoms with Gasteiger partial charge < -0.3 is 14.2 Å². The molecule has 0 aromatic heterocycles. The molecule has 0 spiro atoms. The lowest BCUT2D eigenvalue weighted by molar-refractivity contribution is -0.167.